The van der Waals surface area contributed by atoms with Crippen LogP contribution in [0.5, 0.6) is 5.75 Å². The van der Waals surface area contributed by atoms with Gasteiger partial charge in [0.15, 0.2) is 5.84 Å². The molecule has 0 heterocycles. The number of nitrogens with two attached hydrogens (primary N) is 1. The fourth-order valence-electron chi connectivity index (χ4n) is 1.65. The number of hydrogen-bond acceptors (Lipinski definition) is 5. The van der Waals surface area contributed by atoms with Crippen LogP contribution in [0.15, 0.2) is 29.4 Å². The standard InChI is InChI=1S/C14H23N3O2S/c1-11(7-10-20-2)16-8-9-19-13-5-3-12(4-6-13)14(15)17-18/h3-6,11,16,18H,7-10H2,1-2H3,(H2,15,17). The molecule has 4 N–H and O–H groups in total. The summed E-state index contributed by atoms with van der Waals surface area (Å²) in [5.41, 5.74) is 6.16. The van der Waals surface area contributed by atoms with E-state index < -0.39 is 0 Å². The van der Waals surface area contributed by atoms with Crippen LogP contribution in [-0.2, 0) is 0 Å². The molecule has 0 aliphatic carbocycles. The Hall–Kier alpha value is -1.40. The van der Waals surface area contributed by atoms with Gasteiger partial charge in [-0.05, 0) is 49.6 Å². The zero-order chi connectivity index (χ0) is 14.8. The first-order valence-corrected chi connectivity index (χ1v) is 8.00. The van der Waals surface area contributed by atoms with Gasteiger partial charge in [-0.15, -0.1) is 0 Å². The van der Waals surface area contributed by atoms with Gasteiger partial charge in [0.05, 0.1) is 0 Å². The summed E-state index contributed by atoms with van der Waals surface area (Å²) in [6, 6.07) is 7.65. The molecule has 20 heavy (non-hydrogen) atoms. The second kappa shape index (κ2) is 9.50. The maximum atomic E-state index is 8.57. The molecule has 0 spiro atoms. The van der Waals surface area contributed by atoms with E-state index in [0.717, 1.165) is 18.7 Å². The summed E-state index contributed by atoms with van der Waals surface area (Å²) in [5, 5.41) is 14.9. The van der Waals surface area contributed by atoms with Gasteiger partial charge >= 0.3 is 0 Å². The van der Waals surface area contributed by atoms with Crippen molar-refractivity contribution in [3.63, 3.8) is 0 Å². The Bertz CT molecular complexity index is 409. The molecule has 1 aromatic carbocycles. The molecular formula is C14H23N3O2S. The highest BCUT2D eigenvalue weighted by Gasteiger charge is 2.01. The van der Waals surface area contributed by atoms with Crippen molar-refractivity contribution >= 4 is 17.6 Å². The van der Waals surface area contributed by atoms with Gasteiger partial charge in [0.2, 0.25) is 0 Å². The summed E-state index contributed by atoms with van der Waals surface area (Å²) >= 11 is 1.86. The van der Waals surface area contributed by atoms with E-state index in [2.05, 4.69) is 23.7 Å². The Balaban J connectivity index is 2.25. The van der Waals surface area contributed by atoms with E-state index in [1.165, 1.54) is 5.75 Å². The van der Waals surface area contributed by atoms with Crippen molar-refractivity contribution < 1.29 is 9.94 Å². The van der Waals surface area contributed by atoms with Crippen molar-refractivity contribution in [2.75, 3.05) is 25.2 Å². The Kier molecular flexibility index (Phi) is 7.91. The SMILES string of the molecule is CSCCC(C)NCCOc1ccc(/C(N)=N/O)cc1. The van der Waals surface area contributed by atoms with Gasteiger partial charge < -0.3 is 21.0 Å². The van der Waals surface area contributed by atoms with Gasteiger partial charge in [0, 0.05) is 18.2 Å². The van der Waals surface area contributed by atoms with Crippen molar-refractivity contribution in [3.05, 3.63) is 29.8 Å². The highest BCUT2D eigenvalue weighted by molar-refractivity contribution is 7.98. The number of ether oxygens (including phenoxy) is 1. The molecule has 0 aliphatic heterocycles. The smallest absolute Gasteiger partial charge is 0.170 e. The molecule has 0 saturated carbocycles. The van der Waals surface area contributed by atoms with Gasteiger partial charge in [-0.2, -0.15) is 11.8 Å². The lowest BCUT2D eigenvalue weighted by molar-refractivity contribution is 0.306. The minimum atomic E-state index is 0.0980. The van der Waals surface area contributed by atoms with Crippen LogP contribution in [0.25, 0.3) is 0 Å². The molecule has 0 aromatic heterocycles. The van der Waals surface area contributed by atoms with Crippen molar-refractivity contribution in [1.29, 1.82) is 0 Å². The fraction of sp³-hybridized carbons (Fsp3) is 0.500. The van der Waals surface area contributed by atoms with Crippen LogP contribution >= 0.6 is 11.8 Å². The van der Waals surface area contributed by atoms with Crippen LogP contribution < -0.4 is 15.8 Å². The summed E-state index contributed by atoms with van der Waals surface area (Å²) in [5.74, 6) is 2.04. The molecule has 0 saturated heterocycles. The topological polar surface area (TPSA) is 79.9 Å². The van der Waals surface area contributed by atoms with Gasteiger partial charge in [0.25, 0.3) is 0 Å². The number of amidine groups is 1. The Morgan fingerprint density at radius 1 is 1.45 bits per heavy atom. The van der Waals surface area contributed by atoms with E-state index in [1.54, 1.807) is 12.1 Å². The number of oxime groups is 1. The highest BCUT2D eigenvalue weighted by Crippen LogP contribution is 2.11. The van der Waals surface area contributed by atoms with E-state index in [4.69, 9.17) is 15.7 Å². The molecule has 1 rings (SSSR count). The Morgan fingerprint density at radius 3 is 2.75 bits per heavy atom. The summed E-state index contributed by atoms with van der Waals surface area (Å²) < 4.78 is 5.62. The van der Waals surface area contributed by atoms with Crippen molar-refractivity contribution in [2.24, 2.45) is 10.9 Å². The molecule has 0 amide bonds. The molecule has 1 unspecified atom stereocenters. The average Bonchev–Trinajstić information content (AvgIpc) is 2.49. The summed E-state index contributed by atoms with van der Waals surface area (Å²) in [6.07, 6.45) is 3.28. The quantitative estimate of drug-likeness (QED) is 0.213. The van der Waals surface area contributed by atoms with Crippen LogP contribution in [0, 0.1) is 0 Å². The second-order valence-corrected chi connectivity index (χ2v) is 5.48. The molecule has 0 aliphatic rings. The average molecular weight is 297 g/mol. The van der Waals surface area contributed by atoms with Crippen molar-refractivity contribution in [1.82, 2.24) is 5.32 Å². The molecule has 0 fully saturated rings. The fourth-order valence-corrected chi connectivity index (χ4v) is 2.24. The van der Waals surface area contributed by atoms with Gasteiger partial charge in [0.1, 0.15) is 12.4 Å². The summed E-state index contributed by atoms with van der Waals surface area (Å²) in [4.78, 5) is 0. The molecule has 0 radical (unpaired) electrons. The van der Waals surface area contributed by atoms with E-state index in [9.17, 15) is 0 Å². The first kappa shape index (κ1) is 16.7. The monoisotopic (exact) mass is 297 g/mol. The first-order valence-electron chi connectivity index (χ1n) is 6.60. The Labute approximate surface area is 124 Å². The Morgan fingerprint density at radius 2 is 2.15 bits per heavy atom. The van der Waals surface area contributed by atoms with E-state index in [1.807, 2.05) is 23.9 Å². The second-order valence-electron chi connectivity index (χ2n) is 4.49. The minimum Gasteiger partial charge on any atom is -0.492 e. The predicted octanol–water partition coefficient (Wildman–Crippen LogP) is 1.89. The third-order valence-electron chi connectivity index (χ3n) is 2.88. The van der Waals surface area contributed by atoms with E-state index in [-0.39, 0.29) is 5.84 Å². The molecule has 1 aromatic rings. The molecule has 0 bridgehead atoms. The van der Waals surface area contributed by atoms with Crippen LogP contribution in [0.3, 0.4) is 0 Å². The van der Waals surface area contributed by atoms with Crippen LogP contribution in [0.4, 0.5) is 0 Å². The van der Waals surface area contributed by atoms with Gasteiger partial charge in [-0.1, -0.05) is 5.16 Å². The summed E-state index contributed by atoms with van der Waals surface area (Å²) in [7, 11) is 0. The number of thioether (sulfide) groups is 1. The largest absolute Gasteiger partial charge is 0.492 e. The molecule has 1 atom stereocenters. The molecule has 112 valence electrons. The summed E-state index contributed by atoms with van der Waals surface area (Å²) in [6.45, 7) is 3.62. The maximum Gasteiger partial charge on any atom is 0.170 e. The number of nitrogens with zero attached hydrogens (tertiary/aromatic N) is 1. The third-order valence-corrected chi connectivity index (χ3v) is 3.52. The van der Waals surface area contributed by atoms with Crippen LogP contribution in [0.1, 0.15) is 18.9 Å². The third kappa shape index (κ3) is 6.16. The molecule has 5 nitrogen and oxygen atoms in total. The number of nitrogens with one attached hydrogen (secondary N) is 1. The van der Waals surface area contributed by atoms with Crippen molar-refractivity contribution in [3.8, 4) is 5.75 Å². The van der Waals surface area contributed by atoms with Gasteiger partial charge in [-0.3, -0.25) is 0 Å². The normalized spacial score (nSPS) is 13.2. The maximum absolute atomic E-state index is 8.57. The first-order chi connectivity index (χ1) is 9.67. The predicted molar refractivity (Wildman–Crippen MR) is 84.9 cm³/mol. The number of benzene rings is 1. The zero-order valence-electron chi connectivity index (χ0n) is 12.0. The zero-order valence-corrected chi connectivity index (χ0v) is 12.8. The highest BCUT2D eigenvalue weighted by atomic mass is 32.2. The van der Waals surface area contributed by atoms with E-state index in [0.29, 0.717) is 18.2 Å². The van der Waals surface area contributed by atoms with E-state index >= 15 is 0 Å². The minimum absolute atomic E-state index is 0.0980. The molecule has 6 heteroatoms. The lowest BCUT2D eigenvalue weighted by Gasteiger charge is -2.13. The molecular weight excluding hydrogens is 274 g/mol. The lowest BCUT2D eigenvalue weighted by Crippen LogP contribution is -2.30. The lowest BCUT2D eigenvalue weighted by atomic mass is 10.2. The van der Waals surface area contributed by atoms with Crippen molar-refractivity contribution in [2.45, 2.75) is 19.4 Å². The van der Waals surface area contributed by atoms with Crippen LogP contribution in [-0.4, -0.2) is 42.2 Å². The van der Waals surface area contributed by atoms with Gasteiger partial charge in [-0.25, -0.2) is 0 Å². The van der Waals surface area contributed by atoms with Crippen LogP contribution in [0.2, 0.25) is 0 Å². The number of rotatable bonds is 9. The number of hydrogen-bond donors (Lipinski definition) is 3.